The lowest BCUT2D eigenvalue weighted by atomic mass is 10.1. The van der Waals surface area contributed by atoms with E-state index in [0.29, 0.717) is 16.4 Å². The van der Waals surface area contributed by atoms with E-state index in [1.807, 2.05) is 0 Å². The van der Waals surface area contributed by atoms with Crippen LogP contribution in [-0.4, -0.2) is 61.9 Å². The van der Waals surface area contributed by atoms with E-state index in [9.17, 15) is 41.1 Å². The lowest BCUT2D eigenvalue weighted by molar-refractivity contribution is -0.278. The van der Waals surface area contributed by atoms with Crippen LogP contribution < -0.4 is 20.4 Å². The number of nitrogens with one attached hydrogen (secondary N) is 2. The van der Waals surface area contributed by atoms with Gasteiger partial charge >= 0.3 is 12.1 Å². The molecule has 0 saturated heterocycles. The van der Waals surface area contributed by atoms with Crippen LogP contribution in [0, 0.1) is 5.92 Å². The minimum absolute atomic E-state index is 0.227. The van der Waals surface area contributed by atoms with Gasteiger partial charge in [-0.3, -0.25) is 19.2 Å². The van der Waals surface area contributed by atoms with Crippen molar-refractivity contribution in [1.82, 2.24) is 10.6 Å². The second kappa shape index (κ2) is 10.9. The van der Waals surface area contributed by atoms with Crippen LogP contribution in [0.3, 0.4) is 0 Å². The van der Waals surface area contributed by atoms with E-state index in [1.54, 1.807) is 24.3 Å². The molecule has 3 rings (SSSR count). The van der Waals surface area contributed by atoms with Gasteiger partial charge in [0, 0.05) is 17.6 Å². The molecular weight excluding hydrogens is 539 g/mol. The van der Waals surface area contributed by atoms with E-state index in [0.717, 1.165) is 6.92 Å². The van der Waals surface area contributed by atoms with Crippen molar-refractivity contribution in [3.63, 3.8) is 0 Å². The quantitative estimate of drug-likeness (QED) is 0.418. The molecule has 0 radical (unpaired) electrons. The molecule has 0 bridgehead atoms. The Kier molecular flexibility index (Phi) is 8.30. The lowest BCUT2D eigenvalue weighted by Gasteiger charge is -2.26. The lowest BCUT2D eigenvalue weighted by Crippen LogP contribution is -2.55. The minimum atomic E-state index is -5.89. The monoisotopic (exact) mass is 560 g/mol. The fourth-order valence-corrected chi connectivity index (χ4v) is 3.73. The van der Waals surface area contributed by atoms with E-state index in [1.165, 1.54) is 46.4 Å². The van der Waals surface area contributed by atoms with Crippen LogP contribution in [0.1, 0.15) is 17.3 Å². The molecule has 2 N–H and O–H groups in total. The number of anilines is 2. The number of carbonyl (C=O) groups excluding carboxylic acids is 4. The molecular formula is C24H22ClF5N4O4. The molecule has 4 amide bonds. The van der Waals surface area contributed by atoms with Crippen molar-refractivity contribution in [3.05, 3.63) is 59.1 Å². The summed E-state index contributed by atoms with van der Waals surface area (Å²) in [4.78, 5) is 53.9. The van der Waals surface area contributed by atoms with E-state index < -0.39 is 54.2 Å². The number of rotatable bonds is 6. The molecule has 1 aliphatic heterocycles. The van der Waals surface area contributed by atoms with Crippen LogP contribution in [0.15, 0.2) is 48.5 Å². The Morgan fingerprint density at radius 1 is 1.00 bits per heavy atom. The number of hydrogen-bond donors (Lipinski definition) is 2. The number of likely N-dealkylation sites (N-methyl/N-ethyl adjacent to an activating group) is 1. The van der Waals surface area contributed by atoms with Gasteiger partial charge < -0.3 is 20.4 Å². The largest absolute Gasteiger partial charge is 0.455 e. The van der Waals surface area contributed by atoms with Gasteiger partial charge in [-0.15, -0.1) is 0 Å². The first-order chi connectivity index (χ1) is 17.6. The van der Waals surface area contributed by atoms with Gasteiger partial charge in [-0.25, -0.2) is 0 Å². The summed E-state index contributed by atoms with van der Waals surface area (Å²) >= 11 is 5.90. The van der Waals surface area contributed by atoms with E-state index >= 15 is 0 Å². The van der Waals surface area contributed by atoms with Gasteiger partial charge in [0.25, 0.3) is 11.8 Å². The van der Waals surface area contributed by atoms with Crippen molar-refractivity contribution in [3.8, 4) is 0 Å². The van der Waals surface area contributed by atoms with Crippen molar-refractivity contribution in [2.75, 3.05) is 29.9 Å². The highest BCUT2D eigenvalue weighted by Gasteiger charge is 2.57. The van der Waals surface area contributed by atoms with Gasteiger partial charge in [0.1, 0.15) is 12.0 Å². The maximum absolute atomic E-state index is 13.4. The van der Waals surface area contributed by atoms with Crippen molar-refractivity contribution in [2.45, 2.75) is 25.1 Å². The molecule has 0 fully saturated rings. The van der Waals surface area contributed by atoms with Crippen LogP contribution in [-0.2, 0) is 14.4 Å². The topological polar surface area (TPSA) is 98.8 Å². The summed E-state index contributed by atoms with van der Waals surface area (Å²) in [5.41, 5.74) is 0.918. The van der Waals surface area contributed by atoms with Crippen LogP contribution in [0.5, 0.6) is 0 Å². The smallest absolute Gasteiger partial charge is 0.349 e. The normalized spacial score (nSPS) is 16.8. The summed E-state index contributed by atoms with van der Waals surface area (Å²) in [6.07, 6.45) is -5.89. The second-order valence-corrected chi connectivity index (χ2v) is 8.95. The van der Waals surface area contributed by atoms with Gasteiger partial charge in [-0.1, -0.05) is 23.7 Å². The zero-order chi connectivity index (χ0) is 28.4. The molecule has 1 unspecified atom stereocenters. The fourth-order valence-electron chi connectivity index (χ4n) is 3.60. The highest BCUT2D eigenvalue weighted by molar-refractivity contribution is 6.30. The Labute approximate surface area is 218 Å². The van der Waals surface area contributed by atoms with Crippen molar-refractivity contribution < 1.29 is 41.1 Å². The van der Waals surface area contributed by atoms with Crippen LogP contribution >= 0.6 is 11.6 Å². The highest BCUT2D eigenvalue weighted by atomic mass is 35.5. The maximum Gasteiger partial charge on any atom is 0.455 e. The molecule has 204 valence electrons. The number of para-hydroxylation sites is 2. The number of nitrogens with zero attached hydrogens (tertiary/aromatic N) is 2. The Balaban J connectivity index is 1.82. The zero-order valence-corrected chi connectivity index (χ0v) is 20.7. The number of amides is 4. The molecule has 0 aromatic heterocycles. The summed E-state index contributed by atoms with van der Waals surface area (Å²) < 4.78 is 63.4. The molecule has 0 aliphatic carbocycles. The van der Waals surface area contributed by atoms with Crippen LogP contribution in [0.4, 0.5) is 33.3 Å². The standard InChI is InChI=1S/C24H22ClF5N4O4/c1-13(19(35)31-12-23(26,27)24(28,29)30)20(36)32-16-11-34(21(37)14-7-9-15(25)10-8-14)18-6-4-3-5-17(18)33(2)22(16)38/h3-10,13,16H,11-12H2,1-2H3,(H,31,35)(H,32,36)/t13?,16-/m0/s1. The molecule has 8 nitrogen and oxygen atoms in total. The number of benzene rings is 2. The number of alkyl halides is 5. The first kappa shape index (κ1) is 28.8. The maximum atomic E-state index is 13.4. The van der Waals surface area contributed by atoms with E-state index in [2.05, 4.69) is 5.32 Å². The third-order valence-corrected chi connectivity index (χ3v) is 6.12. The molecule has 0 spiro atoms. The minimum Gasteiger partial charge on any atom is -0.349 e. The van der Waals surface area contributed by atoms with Crippen LogP contribution in [0.25, 0.3) is 0 Å². The Hall–Kier alpha value is -3.74. The van der Waals surface area contributed by atoms with Crippen molar-refractivity contribution in [1.29, 1.82) is 0 Å². The summed E-state index contributed by atoms with van der Waals surface area (Å²) in [6, 6.07) is 11.0. The molecule has 1 heterocycles. The van der Waals surface area contributed by atoms with Crippen molar-refractivity contribution >= 4 is 46.6 Å². The van der Waals surface area contributed by atoms with Gasteiger partial charge in [0.05, 0.1) is 24.5 Å². The number of hydrogen-bond acceptors (Lipinski definition) is 4. The van der Waals surface area contributed by atoms with Crippen molar-refractivity contribution in [2.24, 2.45) is 5.92 Å². The first-order valence-electron chi connectivity index (χ1n) is 11.1. The Morgan fingerprint density at radius 3 is 2.16 bits per heavy atom. The van der Waals surface area contributed by atoms with Crippen LogP contribution in [0.2, 0.25) is 5.02 Å². The number of fused-ring (bicyclic) bond motifs is 1. The second-order valence-electron chi connectivity index (χ2n) is 8.51. The predicted molar refractivity (Wildman–Crippen MR) is 128 cm³/mol. The average molecular weight is 561 g/mol. The molecule has 1 aliphatic rings. The summed E-state index contributed by atoms with van der Waals surface area (Å²) in [5.74, 6) is -10.6. The molecule has 2 aromatic carbocycles. The Bertz CT molecular complexity index is 1240. The predicted octanol–water partition coefficient (Wildman–Crippen LogP) is 3.40. The molecule has 2 aromatic rings. The summed E-state index contributed by atoms with van der Waals surface area (Å²) in [7, 11) is 1.41. The van der Waals surface area contributed by atoms with E-state index in [4.69, 9.17) is 11.6 Å². The first-order valence-corrected chi connectivity index (χ1v) is 11.5. The summed E-state index contributed by atoms with van der Waals surface area (Å²) in [6.45, 7) is -1.45. The zero-order valence-electron chi connectivity index (χ0n) is 20.0. The highest BCUT2D eigenvalue weighted by Crippen LogP contribution is 2.35. The average Bonchev–Trinajstić information content (AvgIpc) is 2.97. The number of halogens is 6. The third-order valence-electron chi connectivity index (χ3n) is 5.87. The molecule has 38 heavy (non-hydrogen) atoms. The SMILES string of the molecule is CC(C(=O)NCC(F)(F)C(F)(F)F)C(=O)N[C@H]1CN(C(=O)c2ccc(Cl)cc2)c2ccccc2N(C)C1=O. The van der Waals surface area contributed by atoms with Gasteiger partial charge in [-0.05, 0) is 43.3 Å². The Morgan fingerprint density at radius 2 is 1.58 bits per heavy atom. The fraction of sp³-hybridized carbons (Fsp3) is 0.333. The van der Waals surface area contributed by atoms with Gasteiger partial charge in [0.2, 0.25) is 11.8 Å². The van der Waals surface area contributed by atoms with Gasteiger partial charge in [0.15, 0.2) is 0 Å². The molecule has 0 saturated carbocycles. The van der Waals surface area contributed by atoms with E-state index in [-0.39, 0.29) is 12.1 Å². The summed E-state index contributed by atoms with van der Waals surface area (Å²) in [5, 5.41) is 4.11. The molecule has 2 atom stereocenters. The number of carbonyl (C=O) groups is 4. The van der Waals surface area contributed by atoms with Gasteiger partial charge in [-0.2, -0.15) is 22.0 Å². The molecule has 14 heteroatoms. The third kappa shape index (κ3) is 6.04.